The molecule has 1 fully saturated rings. The molecule has 0 aromatic heterocycles. The summed E-state index contributed by atoms with van der Waals surface area (Å²) in [4.78, 5) is 12.6. The second kappa shape index (κ2) is 3.87. The largest absolute Gasteiger partial charge is 0.481 e. The molecule has 0 amide bonds. The Morgan fingerprint density at radius 1 is 1.75 bits per heavy atom. The van der Waals surface area contributed by atoms with Crippen LogP contribution in [0, 0.1) is 0 Å². The van der Waals surface area contributed by atoms with Crippen LogP contribution in [0.3, 0.4) is 0 Å². The SMILES string of the molecule is C[C@@H]1[C@@H](CC(=O)O)NCCN1C. The lowest BCUT2D eigenvalue weighted by molar-refractivity contribution is -0.138. The molecule has 70 valence electrons. The topological polar surface area (TPSA) is 52.6 Å². The first-order valence-corrected chi connectivity index (χ1v) is 4.26. The van der Waals surface area contributed by atoms with Gasteiger partial charge in [-0.1, -0.05) is 0 Å². The second-order valence-electron chi connectivity index (χ2n) is 3.38. The van der Waals surface area contributed by atoms with E-state index in [1.807, 2.05) is 7.05 Å². The van der Waals surface area contributed by atoms with Crippen molar-refractivity contribution in [2.75, 3.05) is 20.1 Å². The van der Waals surface area contributed by atoms with Crippen molar-refractivity contribution in [1.82, 2.24) is 10.2 Å². The highest BCUT2D eigenvalue weighted by atomic mass is 16.4. The lowest BCUT2D eigenvalue weighted by atomic mass is 10.0. The van der Waals surface area contributed by atoms with Gasteiger partial charge in [-0.15, -0.1) is 0 Å². The van der Waals surface area contributed by atoms with E-state index < -0.39 is 5.97 Å². The van der Waals surface area contributed by atoms with Gasteiger partial charge in [0.05, 0.1) is 6.42 Å². The van der Waals surface area contributed by atoms with Gasteiger partial charge in [0.2, 0.25) is 0 Å². The minimum absolute atomic E-state index is 0.0984. The van der Waals surface area contributed by atoms with Crippen molar-refractivity contribution in [3.05, 3.63) is 0 Å². The zero-order valence-electron chi connectivity index (χ0n) is 7.58. The van der Waals surface area contributed by atoms with Gasteiger partial charge in [0.25, 0.3) is 0 Å². The fourth-order valence-corrected chi connectivity index (χ4v) is 1.54. The molecular weight excluding hydrogens is 156 g/mol. The van der Waals surface area contributed by atoms with E-state index in [2.05, 4.69) is 17.1 Å². The van der Waals surface area contributed by atoms with Gasteiger partial charge in [-0.25, -0.2) is 0 Å². The molecule has 0 aromatic rings. The highest BCUT2D eigenvalue weighted by Crippen LogP contribution is 2.09. The van der Waals surface area contributed by atoms with Crippen LogP contribution in [0.25, 0.3) is 0 Å². The van der Waals surface area contributed by atoms with E-state index in [1.165, 1.54) is 0 Å². The van der Waals surface area contributed by atoms with Crippen molar-refractivity contribution < 1.29 is 9.90 Å². The van der Waals surface area contributed by atoms with E-state index in [1.54, 1.807) is 0 Å². The van der Waals surface area contributed by atoms with Crippen LogP contribution in [0.4, 0.5) is 0 Å². The molecule has 0 bridgehead atoms. The molecule has 1 saturated heterocycles. The molecule has 0 saturated carbocycles. The van der Waals surface area contributed by atoms with Crippen LogP contribution in [0.15, 0.2) is 0 Å². The predicted octanol–water partition coefficient (Wildman–Crippen LogP) is -0.247. The fraction of sp³-hybridized carbons (Fsp3) is 0.875. The summed E-state index contributed by atoms with van der Waals surface area (Å²) >= 11 is 0. The third-order valence-corrected chi connectivity index (χ3v) is 2.54. The molecule has 1 aliphatic rings. The van der Waals surface area contributed by atoms with Crippen LogP contribution in [-0.4, -0.2) is 48.2 Å². The van der Waals surface area contributed by atoms with Crippen LogP contribution >= 0.6 is 0 Å². The Hall–Kier alpha value is -0.610. The number of carboxylic acid groups (broad SMARTS) is 1. The van der Waals surface area contributed by atoms with Gasteiger partial charge < -0.3 is 15.3 Å². The second-order valence-corrected chi connectivity index (χ2v) is 3.38. The van der Waals surface area contributed by atoms with Crippen LogP contribution in [-0.2, 0) is 4.79 Å². The average molecular weight is 172 g/mol. The zero-order chi connectivity index (χ0) is 9.14. The molecule has 4 heteroatoms. The van der Waals surface area contributed by atoms with Crippen molar-refractivity contribution in [2.45, 2.75) is 25.4 Å². The standard InChI is InChI=1S/C8H16N2O2/c1-6-7(5-8(11)12)9-3-4-10(6)2/h6-7,9H,3-5H2,1-2H3,(H,11,12)/t6-,7-/m1/s1. The van der Waals surface area contributed by atoms with E-state index in [0.29, 0.717) is 6.04 Å². The first kappa shape index (κ1) is 9.48. The Morgan fingerprint density at radius 3 is 3.00 bits per heavy atom. The van der Waals surface area contributed by atoms with E-state index in [4.69, 9.17) is 5.11 Å². The van der Waals surface area contributed by atoms with Crippen molar-refractivity contribution in [1.29, 1.82) is 0 Å². The maximum absolute atomic E-state index is 10.5. The average Bonchev–Trinajstić information content (AvgIpc) is 1.98. The van der Waals surface area contributed by atoms with E-state index >= 15 is 0 Å². The summed E-state index contributed by atoms with van der Waals surface area (Å²) in [7, 11) is 2.03. The third-order valence-electron chi connectivity index (χ3n) is 2.54. The zero-order valence-corrected chi connectivity index (χ0v) is 7.58. The number of nitrogens with zero attached hydrogens (tertiary/aromatic N) is 1. The molecule has 0 aliphatic carbocycles. The molecule has 1 rings (SSSR count). The van der Waals surface area contributed by atoms with Crippen molar-refractivity contribution in [2.24, 2.45) is 0 Å². The smallest absolute Gasteiger partial charge is 0.304 e. The Morgan fingerprint density at radius 2 is 2.42 bits per heavy atom. The quantitative estimate of drug-likeness (QED) is 0.603. The van der Waals surface area contributed by atoms with Gasteiger partial charge in [-0.3, -0.25) is 4.79 Å². The molecule has 0 unspecified atom stereocenters. The number of carbonyl (C=O) groups is 1. The minimum Gasteiger partial charge on any atom is -0.481 e. The Bertz CT molecular complexity index is 172. The van der Waals surface area contributed by atoms with Crippen molar-refractivity contribution in [3.63, 3.8) is 0 Å². The molecule has 0 aromatic carbocycles. The van der Waals surface area contributed by atoms with Crippen LogP contribution in [0.5, 0.6) is 0 Å². The lowest BCUT2D eigenvalue weighted by Gasteiger charge is -2.37. The van der Waals surface area contributed by atoms with Gasteiger partial charge in [0.1, 0.15) is 0 Å². The van der Waals surface area contributed by atoms with E-state index in [-0.39, 0.29) is 12.5 Å². The van der Waals surface area contributed by atoms with Crippen LogP contribution in [0.2, 0.25) is 0 Å². The Kier molecular flexibility index (Phi) is 3.05. The molecule has 2 atom stereocenters. The molecule has 0 radical (unpaired) electrons. The normalized spacial score (nSPS) is 31.8. The minimum atomic E-state index is -0.727. The summed E-state index contributed by atoms with van der Waals surface area (Å²) in [5, 5.41) is 11.8. The fourth-order valence-electron chi connectivity index (χ4n) is 1.54. The highest BCUT2D eigenvalue weighted by Gasteiger charge is 2.26. The van der Waals surface area contributed by atoms with Gasteiger partial charge in [-0.2, -0.15) is 0 Å². The Labute approximate surface area is 72.6 Å². The molecule has 0 spiro atoms. The summed E-state index contributed by atoms with van der Waals surface area (Å²) < 4.78 is 0. The molecule has 12 heavy (non-hydrogen) atoms. The first-order chi connectivity index (χ1) is 5.61. The monoisotopic (exact) mass is 172 g/mol. The molecule has 1 heterocycles. The molecule has 1 aliphatic heterocycles. The summed E-state index contributed by atoms with van der Waals surface area (Å²) in [6.45, 7) is 3.94. The summed E-state index contributed by atoms with van der Waals surface area (Å²) in [5.41, 5.74) is 0. The maximum atomic E-state index is 10.5. The van der Waals surface area contributed by atoms with Crippen LogP contribution in [0.1, 0.15) is 13.3 Å². The molecule has 4 nitrogen and oxygen atoms in total. The van der Waals surface area contributed by atoms with Crippen molar-refractivity contribution in [3.8, 4) is 0 Å². The van der Waals surface area contributed by atoms with Crippen LogP contribution < -0.4 is 5.32 Å². The maximum Gasteiger partial charge on any atom is 0.304 e. The van der Waals surface area contributed by atoms with Gasteiger partial charge in [0, 0.05) is 25.2 Å². The number of aliphatic carboxylic acids is 1. The van der Waals surface area contributed by atoms with E-state index in [9.17, 15) is 4.79 Å². The predicted molar refractivity (Wildman–Crippen MR) is 46.1 cm³/mol. The number of rotatable bonds is 2. The number of hydrogen-bond acceptors (Lipinski definition) is 3. The summed E-state index contributed by atoms with van der Waals surface area (Å²) in [6.07, 6.45) is 0.214. The number of nitrogens with one attached hydrogen (secondary N) is 1. The number of hydrogen-bond donors (Lipinski definition) is 2. The third kappa shape index (κ3) is 2.19. The summed E-state index contributed by atoms with van der Waals surface area (Å²) in [5.74, 6) is -0.727. The lowest BCUT2D eigenvalue weighted by Crippen LogP contribution is -2.55. The number of piperazine rings is 1. The van der Waals surface area contributed by atoms with Gasteiger partial charge in [-0.05, 0) is 14.0 Å². The van der Waals surface area contributed by atoms with E-state index in [0.717, 1.165) is 13.1 Å². The number of carboxylic acids is 1. The summed E-state index contributed by atoms with van der Waals surface area (Å²) in [6, 6.07) is 0.413. The highest BCUT2D eigenvalue weighted by molar-refractivity contribution is 5.67. The van der Waals surface area contributed by atoms with Gasteiger partial charge in [0.15, 0.2) is 0 Å². The molecule has 2 N–H and O–H groups in total. The molecular formula is C8H16N2O2. The number of likely N-dealkylation sites (N-methyl/N-ethyl adjacent to an activating group) is 1. The Balaban J connectivity index is 2.46. The van der Waals surface area contributed by atoms with Crippen molar-refractivity contribution >= 4 is 5.97 Å². The van der Waals surface area contributed by atoms with Gasteiger partial charge >= 0.3 is 5.97 Å². The first-order valence-electron chi connectivity index (χ1n) is 4.26.